The fourth-order valence-corrected chi connectivity index (χ4v) is 1.18. The third-order valence-electron chi connectivity index (χ3n) is 2.07. The van der Waals surface area contributed by atoms with Crippen molar-refractivity contribution in [2.24, 2.45) is 0 Å². The summed E-state index contributed by atoms with van der Waals surface area (Å²) in [5.74, 6) is -2.44. The van der Waals surface area contributed by atoms with Crippen molar-refractivity contribution in [1.29, 1.82) is 0 Å². The summed E-state index contributed by atoms with van der Waals surface area (Å²) in [5, 5.41) is 11.2. The topological polar surface area (TPSA) is 66.4 Å². The van der Waals surface area contributed by atoms with Crippen LogP contribution in [0.2, 0.25) is 0 Å². The van der Waals surface area contributed by atoms with Crippen LogP contribution in [0.5, 0.6) is 0 Å². The second kappa shape index (κ2) is 8.08. The minimum Gasteiger partial charge on any atom is -0.867 e. The molecule has 4 nitrogen and oxygen atoms in total. The molecule has 1 rings (SSSR count). The monoisotopic (exact) mass is 256 g/mol. The zero-order chi connectivity index (χ0) is 12.8. The molecule has 0 saturated heterocycles. The van der Waals surface area contributed by atoms with Gasteiger partial charge in [-0.25, -0.2) is 4.79 Å². The molecule has 90 valence electrons. The van der Waals surface area contributed by atoms with E-state index >= 15 is 0 Å². The molecule has 0 saturated carbocycles. The molecule has 0 spiro atoms. The summed E-state index contributed by atoms with van der Waals surface area (Å²) in [6.45, 7) is 3.59. The second-order valence-electron chi connectivity index (χ2n) is 3.46. The molecule has 0 N–H and O–H groups in total. The van der Waals surface area contributed by atoms with Crippen molar-refractivity contribution < 1.29 is 49.0 Å². The number of hydrogen-bond donors (Lipinski definition) is 0. The summed E-state index contributed by atoms with van der Waals surface area (Å²) in [6.07, 6.45) is 0.753. The molecule has 1 aromatic rings. The van der Waals surface area contributed by atoms with Crippen LogP contribution in [-0.2, 0) is 9.53 Å². The fourth-order valence-electron chi connectivity index (χ4n) is 1.18. The number of benzene rings is 1. The average molecular weight is 256 g/mol. The van der Waals surface area contributed by atoms with E-state index < -0.39 is 17.5 Å². The first-order valence-electron chi connectivity index (χ1n) is 5.21. The van der Waals surface area contributed by atoms with Crippen LogP contribution in [0.3, 0.4) is 0 Å². The Labute approximate surface area is 128 Å². The van der Waals surface area contributed by atoms with Gasteiger partial charge in [-0.15, -0.1) is 0 Å². The first-order chi connectivity index (χ1) is 8.04. The molecule has 0 fully saturated rings. The Morgan fingerprint density at radius 1 is 1.28 bits per heavy atom. The fraction of sp³-hybridized carbons (Fsp3) is 0.231. The molecule has 0 amide bonds. The predicted octanol–water partition coefficient (Wildman–Crippen LogP) is -2.01. The zero-order valence-electron chi connectivity index (χ0n) is 10.7. The van der Waals surface area contributed by atoms with Gasteiger partial charge >= 0.3 is 35.5 Å². The van der Waals surface area contributed by atoms with Gasteiger partial charge in [0.15, 0.2) is 5.78 Å². The number of carbonyl (C=O) groups excluding carboxylic acids is 2. The predicted molar refractivity (Wildman–Crippen MR) is 60.2 cm³/mol. The maximum absolute atomic E-state index is 11.6. The third-order valence-corrected chi connectivity index (χ3v) is 2.07. The first-order valence-corrected chi connectivity index (χ1v) is 5.21. The van der Waals surface area contributed by atoms with Crippen LogP contribution in [0.15, 0.2) is 36.1 Å². The number of carbonyl (C=O) groups is 2. The second-order valence-corrected chi connectivity index (χ2v) is 3.46. The SMILES string of the molecule is CCOC(=O)C([O-])=CC(=O)c1ccc(C)cc1.[Na+]. The minimum absolute atomic E-state index is 0. The van der Waals surface area contributed by atoms with Crippen molar-refractivity contribution in [2.45, 2.75) is 13.8 Å². The van der Waals surface area contributed by atoms with Crippen molar-refractivity contribution >= 4 is 11.8 Å². The van der Waals surface area contributed by atoms with Crippen LogP contribution in [0.4, 0.5) is 0 Å². The molecular formula is C13H13NaO4. The van der Waals surface area contributed by atoms with Gasteiger partial charge in [0, 0.05) is 5.56 Å². The van der Waals surface area contributed by atoms with Gasteiger partial charge in [0.2, 0.25) is 0 Å². The molecule has 0 heterocycles. The van der Waals surface area contributed by atoms with Gasteiger partial charge < -0.3 is 9.84 Å². The molecule has 18 heavy (non-hydrogen) atoms. The number of ketones is 1. The van der Waals surface area contributed by atoms with E-state index in [4.69, 9.17) is 0 Å². The number of allylic oxidation sites excluding steroid dienone is 1. The van der Waals surface area contributed by atoms with E-state index in [2.05, 4.69) is 4.74 Å². The Hall–Kier alpha value is -1.10. The van der Waals surface area contributed by atoms with E-state index in [0.717, 1.165) is 11.6 Å². The quantitative estimate of drug-likeness (QED) is 0.205. The van der Waals surface area contributed by atoms with E-state index in [1.165, 1.54) is 0 Å². The molecule has 0 aliphatic rings. The largest absolute Gasteiger partial charge is 1.00 e. The maximum Gasteiger partial charge on any atom is 1.00 e. The molecule has 0 aromatic heterocycles. The summed E-state index contributed by atoms with van der Waals surface area (Å²) in [5.41, 5.74) is 1.38. The van der Waals surface area contributed by atoms with Crippen molar-refractivity contribution in [1.82, 2.24) is 0 Å². The van der Waals surface area contributed by atoms with Crippen molar-refractivity contribution in [3.05, 3.63) is 47.2 Å². The van der Waals surface area contributed by atoms with Crippen LogP contribution >= 0.6 is 0 Å². The van der Waals surface area contributed by atoms with Gasteiger partial charge in [-0.2, -0.15) is 0 Å². The number of esters is 1. The Balaban J connectivity index is 0.00000289. The van der Waals surface area contributed by atoms with E-state index in [1.807, 2.05) is 6.92 Å². The Morgan fingerprint density at radius 3 is 2.33 bits per heavy atom. The van der Waals surface area contributed by atoms with Gasteiger partial charge in [0.05, 0.1) is 6.61 Å². The summed E-state index contributed by atoms with van der Waals surface area (Å²) in [7, 11) is 0. The normalized spacial score (nSPS) is 10.4. The molecule has 0 atom stereocenters. The third kappa shape index (κ3) is 5.04. The van der Waals surface area contributed by atoms with E-state index in [9.17, 15) is 14.7 Å². The average Bonchev–Trinajstić information content (AvgIpc) is 2.30. The summed E-state index contributed by atoms with van der Waals surface area (Å²) >= 11 is 0. The van der Waals surface area contributed by atoms with E-state index in [-0.39, 0.29) is 36.2 Å². The standard InChI is InChI=1S/C13H14O4.Na/c1-3-17-13(16)12(15)8-11(14)10-6-4-9(2)5-7-10;/h4-8,15H,3H2,1-2H3;/q;+1/p-1. The summed E-state index contributed by atoms with van der Waals surface area (Å²) < 4.78 is 4.49. The van der Waals surface area contributed by atoms with Crippen LogP contribution in [0.25, 0.3) is 0 Å². The molecule has 0 bridgehead atoms. The first kappa shape index (κ1) is 16.9. The molecule has 0 unspecified atom stereocenters. The van der Waals surface area contributed by atoms with Crippen LogP contribution < -0.4 is 34.7 Å². The van der Waals surface area contributed by atoms with E-state index in [0.29, 0.717) is 5.56 Å². The van der Waals surface area contributed by atoms with Crippen LogP contribution in [0.1, 0.15) is 22.8 Å². The Morgan fingerprint density at radius 2 is 1.83 bits per heavy atom. The van der Waals surface area contributed by atoms with Crippen molar-refractivity contribution in [2.75, 3.05) is 6.61 Å². The van der Waals surface area contributed by atoms with Gasteiger partial charge in [0.1, 0.15) is 0 Å². The van der Waals surface area contributed by atoms with E-state index in [1.54, 1.807) is 31.2 Å². The maximum atomic E-state index is 11.6. The summed E-state index contributed by atoms with van der Waals surface area (Å²) in [6, 6.07) is 6.73. The van der Waals surface area contributed by atoms with Gasteiger partial charge in [-0.05, 0) is 25.7 Å². The summed E-state index contributed by atoms with van der Waals surface area (Å²) in [4.78, 5) is 22.6. The molecule has 1 aromatic carbocycles. The number of rotatable bonds is 4. The number of aryl methyl sites for hydroxylation is 1. The van der Waals surface area contributed by atoms with Gasteiger partial charge in [-0.3, -0.25) is 4.79 Å². The molecule has 0 radical (unpaired) electrons. The smallest absolute Gasteiger partial charge is 0.867 e. The minimum atomic E-state index is -1.01. The van der Waals surface area contributed by atoms with Gasteiger partial charge in [0.25, 0.3) is 0 Å². The molecular weight excluding hydrogens is 243 g/mol. The molecule has 0 aliphatic heterocycles. The zero-order valence-corrected chi connectivity index (χ0v) is 12.7. The Bertz CT molecular complexity index is 449. The van der Waals surface area contributed by atoms with Crippen molar-refractivity contribution in [3.8, 4) is 0 Å². The Kier molecular flexibility index (Phi) is 7.59. The van der Waals surface area contributed by atoms with Crippen LogP contribution in [0, 0.1) is 6.92 Å². The van der Waals surface area contributed by atoms with Crippen LogP contribution in [-0.4, -0.2) is 18.4 Å². The molecule has 5 heteroatoms. The number of ether oxygens (including phenoxy) is 1. The molecule has 0 aliphatic carbocycles. The number of hydrogen-bond acceptors (Lipinski definition) is 4. The van der Waals surface area contributed by atoms with Crippen molar-refractivity contribution in [3.63, 3.8) is 0 Å². The van der Waals surface area contributed by atoms with Gasteiger partial charge in [-0.1, -0.05) is 29.8 Å².